The van der Waals surface area contributed by atoms with E-state index in [1.54, 1.807) is 18.6 Å². The van der Waals surface area contributed by atoms with Gasteiger partial charge in [-0.25, -0.2) is 15.0 Å². The van der Waals surface area contributed by atoms with Crippen LogP contribution in [0.25, 0.3) is 11.3 Å². The van der Waals surface area contributed by atoms with Crippen molar-refractivity contribution < 1.29 is 0 Å². The van der Waals surface area contributed by atoms with E-state index in [4.69, 9.17) is 11.5 Å². The molecule has 70 valence electrons. The highest BCUT2D eigenvalue weighted by molar-refractivity contribution is 5.57. The van der Waals surface area contributed by atoms with Crippen LogP contribution < -0.4 is 11.5 Å². The predicted octanol–water partition coefficient (Wildman–Crippen LogP) is 0.0980. The number of anilines is 2. The Hall–Kier alpha value is -2.24. The van der Waals surface area contributed by atoms with Gasteiger partial charge < -0.3 is 11.5 Å². The Kier molecular flexibility index (Phi) is 1.94. The van der Waals surface area contributed by atoms with Crippen LogP contribution in [-0.2, 0) is 0 Å². The molecular weight excluding hydrogens is 180 g/mol. The van der Waals surface area contributed by atoms with Crippen LogP contribution in [0.5, 0.6) is 0 Å². The molecule has 2 rings (SSSR count). The minimum atomic E-state index is 0.227. The third-order valence-electron chi connectivity index (χ3n) is 1.62. The van der Waals surface area contributed by atoms with Gasteiger partial charge in [0.1, 0.15) is 5.82 Å². The first-order valence-electron chi connectivity index (χ1n) is 3.91. The molecule has 0 spiro atoms. The number of hydrogen-bond acceptors (Lipinski definition) is 6. The number of hydrogen-bond donors (Lipinski definition) is 2. The van der Waals surface area contributed by atoms with E-state index in [-0.39, 0.29) is 5.95 Å². The van der Waals surface area contributed by atoms with Gasteiger partial charge in [-0.15, -0.1) is 0 Å². The van der Waals surface area contributed by atoms with Crippen LogP contribution in [0, 0.1) is 0 Å². The maximum atomic E-state index is 5.49. The smallest absolute Gasteiger partial charge is 0.219 e. The fourth-order valence-corrected chi connectivity index (χ4v) is 0.990. The highest BCUT2D eigenvalue weighted by Crippen LogP contribution is 2.14. The topological polar surface area (TPSA) is 104 Å². The Balaban J connectivity index is 2.44. The summed E-state index contributed by atoms with van der Waals surface area (Å²) < 4.78 is 0. The summed E-state index contributed by atoms with van der Waals surface area (Å²) in [5.41, 5.74) is 12.2. The molecular formula is C8H8N6. The highest BCUT2D eigenvalue weighted by atomic mass is 15.0. The van der Waals surface area contributed by atoms with Gasteiger partial charge in [0.2, 0.25) is 5.95 Å². The number of nitrogens with zero attached hydrogens (tertiary/aromatic N) is 4. The third kappa shape index (κ3) is 1.58. The lowest BCUT2D eigenvalue weighted by molar-refractivity contribution is 1.16. The SMILES string of the molecule is Nc1cncc(-c2cnc(N)nc2)n1. The van der Waals surface area contributed by atoms with E-state index in [9.17, 15) is 0 Å². The highest BCUT2D eigenvalue weighted by Gasteiger charge is 2.00. The standard InChI is InChI=1S/C8H8N6/c9-7-4-11-3-6(14-7)5-1-12-8(10)13-2-5/h1-4H,(H2,9,14)(H2,10,12,13). The van der Waals surface area contributed by atoms with Crippen LogP contribution in [0.4, 0.5) is 11.8 Å². The van der Waals surface area contributed by atoms with Crippen molar-refractivity contribution in [2.45, 2.75) is 0 Å². The molecule has 2 heterocycles. The van der Waals surface area contributed by atoms with Gasteiger partial charge in [-0.2, -0.15) is 0 Å². The number of aromatic nitrogens is 4. The van der Waals surface area contributed by atoms with E-state index in [2.05, 4.69) is 19.9 Å². The number of nitrogen functional groups attached to an aromatic ring is 2. The molecule has 2 aromatic rings. The van der Waals surface area contributed by atoms with E-state index in [1.807, 2.05) is 0 Å². The van der Waals surface area contributed by atoms with Crippen molar-refractivity contribution >= 4 is 11.8 Å². The largest absolute Gasteiger partial charge is 0.382 e. The van der Waals surface area contributed by atoms with Gasteiger partial charge in [-0.3, -0.25) is 4.98 Å². The molecule has 0 bridgehead atoms. The van der Waals surface area contributed by atoms with Crippen molar-refractivity contribution in [2.75, 3.05) is 11.5 Å². The molecule has 6 heteroatoms. The molecule has 0 radical (unpaired) electrons. The zero-order valence-electron chi connectivity index (χ0n) is 7.25. The fraction of sp³-hybridized carbons (Fsp3) is 0. The lowest BCUT2D eigenvalue weighted by Crippen LogP contribution is -1.96. The van der Waals surface area contributed by atoms with E-state index in [0.29, 0.717) is 11.5 Å². The van der Waals surface area contributed by atoms with Crippen LogP contribution in [-0.4, -0.2) is 19.9 Å². The molecule has 0 aliphatic rings. The van der Waals surface area contributed by atoms with Crippen LogP contribution >= 0.6 is 0 Å². The van der Waals surface area contributed by atoms with Gasteiger partial charge in [-0.1, -0.05) is 0 Å². The minimum absolute atomic E-state index is 0.227. The maximum absolute atomic E-state index is 5.49. The van der Waals surface area contributed by atoms with E-state index in [0.717, 1.165) is 5.56 Å². The molecule has 0 unspecified atom stereocenters. The zero-order valence-corrected chi connectivity index (χ0v) is 7.25. The Morgan fingerprint density at radius 1 is 0.929 bits per heavy atom. The normalized spacial score (nSPS) is 10.0. The monoisotopic (exact) mass is 188 g/mol. The lowest BCUT2D eigenvalue weighted by Gasteiger charge is -1.99. The van der Waals surface area contributed by atoms with Gasteiger partial charge in [0.05, 0.1) is 18.1 Å². The van der Waals surface area contributed by atoms with Crippen LogP contribution in [0.2, 0.25) is 0 Å². The molecule has 0 fully saturated rings. The van der Waals surface area contributed by atoms with Gasteiger partial charge >= 0.3 is 0 Å². The van der Waals surface area contributed by atoms with Crippen molar-refractivity contribution in [1.29, 1.82) is 0 Å². The average Bonchev–Trinajstić information content (AvgIpc) is 2.19. The summed E-state index contributed by atoms with van der Waals surface area (Å²) in [5, 5.41) is 0. The van der Waals surface area contributed by atoms with Crippen LogP contribution in [0.15, 0.2) is 24.8 Å². The minimum Gasteiger partial charge on any atom is -0.382 e. The van der Waals surface area contributed by atoms with Crippen molar-refractivity contribution in [1.82, 2.24) is 19.9 Å². The van der Waals surface area contributed by atoms with Gasteiger partial charge in [0.25, 0.3) is 0 Å². The van der Waals surface area contributed by atoms with Crippen molar-refractivity contribution in [3.05, 3.63) is 24.8 Å². The first kappa shape index (κ1) is 8.36. The summed E-state index contributed by atoms with van der Waals surface area (Å²) >= 11 is 0. The summed E-state index contributed by atoms with van der Waals surface area (Å²) in [5.74, 6) is 0.588. The van der Waals surface area contributed by atoms with Gasteiger partial charge in [-0.05, 0) is 0 Å². The molecule has 4 N–H and O–H groups in total. The predicted molar refractivity (Wildman–Crippen MR) is 51.9 cm³/mol. The molecule has 0 atom stereocenters. The molecule has 0 aliphatic carbocycles. The Labute approximate surface area is 80.0 Å². The van der Waals surface area contributed by atoms with Crippen molar-refractivity contribution in [2.24, 2.45) is 0 Å². The van der Waals surface area contributed by atoms with Gasteiger partial charge in [0.15, 0.2) is 0 Å². The fourth-order valence-electron chi connectivity index (χ4n) is 0.990. The van der Waals surface area contributed by atoms with Crippen molar-refractivity contribution in [3.63, 3.8) is 0 Å². The second-order valence-corrected chi connectivity index (χ2v) is 2.66. The van der Waals surface area contributed by atoms with E-state index in [1.165, 1.54) is 6.20 Å². The molecule has 0 aliphatic heterocycles. The summed E-state index contributed by atoms with van der Waals surface area (Å²) in [7, 11) is 0. The quantitative estimate of drug-likeness (QED) is 0.657. The third-order valence-corrected chi connectivity index (χ3v) is 1.62. The van der Waals surface area contributed by atoms with Crippen molar-refractivity contribution in [3.8, 4) is 11.3 Å². The van der Waals surface area contributed by atoms with E-state index >= 15 is 0 Å². The van der Waals surface area contributed by atoms with Crippen LogP contribution in [0.1, 0.15) is 0 Å². The molecule has 14 heavy (non-hydrogen) atoms. The molecule has 0 saturated heterocycles. The Morgan fingerprint density at radius 3 is 2.29 bits per heavy atom. The average molecular weight is 188 g/mol. The molecule has 0 amide bonds. The Morgan fingerprint density at radius 2 is 1.64 bits per heavy atom. The number of rotatable bonds is 1. The molecule has 6 nitrogen and oxygen atoms in total. The lowest BCUT2D eigenvalue weighted by atomic mass is 10.2. The molecule has 2 aromatic heterocycles. The molecule has 0 aromatic carbocycles. The summed E-state index contributed by atoms with van der Waals surface area (Å²) in [6, 6.07) is 0. The second kappa shape index (κ2) is 3.25. The maximum Gasteiger partial charge on any atom is 0.219 e. The summed E-state index contributed by atoms with van der Waals surface area (Å²) in [4.78, 5) is 15.7. The second-order valence-electron chi connectivity index (χ2n) is 2.66. The molecule has 0 saturated carbocycles. The first-order chi connectivity index (χ1) is 6.75. The van der Waals surface area contributed by atoms with E-state index < -0.39 is 0 Å². The first-order valence-corrected chi connectivity index (χ1v) is 3.91. The summed E-state index contributed by atoms with van der Waals surface area (Å²) in [6.45, 7) is 0. The summed E-state index contributed by atoms with van der Waals surface area (Å²) in [6.07, 6.45) is 6.21. The zero-order chi connectivity index (χ0) is 9.97. The van der Waals surface area contributed by atoms with Crippen LogP contribution in [0.3, 0.4) is 0 Å². The Bertz CT molecular complexity index is 438. The van der Waals surface area contributed by atoms with Gasteiger partial charge in [0, 0.05) is 18.0 Å². The number of nitrogens with two attached hydrogens (primary N) is 2.